The minimum atomic E-state index is 0.0816. The first-order valence-electron chi connectivity index (χ1n) is 11.0. The predicted molar refractivity (Wildman–Crippen MR) is 130 cm³/mol. The van der Waals surface area contributed by atoms with Gasteiger partial charge < -0.3 is 19.5 Å². The van der Waals surface area contributed by atoms with Crippen molar-refractivity contribution in [1.29, 1.82) is 0 Å². The van der Waals surface area contributed by atoms with Crippen LogP contribution in [0.2, 0.25) is 0 Å². The van der Waals surface area contributed by atoms with E-state index in [-0.39, 0.29) is 12.6 Å². The Hall–Kier alpha value is -3.42. The van der Waals surface area contributed by atoms with Gasteiger partial charge in [0.2, 0.25) is 0 Å². The van der Waals surface area contributed by atoms with Gasteiger partial charge in [0.15, 0.2) is 0 Å². The Bertz CT molecular complexity index is 1120. The van der Waals surface area contributed by atoms with Gasteiger partial charge in [-0.2, -0.15) is 0 Å². The zero-order valence-electron chi connectivity index (χ0n) is 18.9. The summed E-state index contributed by atoms with van der Waals surface area (Å²) in [5.74, 6) is 8.05. The number of nitrogens with zero attached hydrogens (tertiary/aromatic N) is 1. The van der Waals surface area contributed by atoms with Gasteiger partial charge in [0.1, 0.15) is 17.2 Å². The Kier molecular flexibility index (Phi) is 6.68. The van der Waals surface area contributed by atoms with Crippen LogP contribution in [0, 0.1) is 18.8 Å². The monoisotopic (exact) mass is 427 g/mol. The minimum Gasteiger partial charge on any atom is -0.494 e. The van der Waals surface area contributed by atoms with Gasteiger partial charge in [-0.3, -0.25) is 0 Å². The molecule has 3 aromatic carbocycles. The van der Waals surface area contributed by atoms with Crippen LogP contribution < -0.4 is 14.4 Å². The third kappa shape index (κ3) is 4.30. The molecular formula is C28H29NO3. The lowest BCUT2D eigenvalue weighted by Gasteiger charge is -2.28. The van der Waals surface area contributed by atoms with Crippen molar-refractivity contribution in [2.75, 3.05) is 32.3 Å². The van der Waals surface area contributed by atoms with E-state index in [2.05, 4.69) is 54.0 Å². The lowest BCUT2D eigenvalue weighted by molar-refractivity contribution is 0.265. The summed E-state index contributed by atoms with van der Waals surface area (Å²) >= 11 is 0. The second-order valence-corrected chi connectivity index (χ2v) is 8.00. The highest BCUT2D eigenvalue weighted by Crippen LogP contribution is 2.42. The van der Waals surface area contributed by atoms with Gasteiger partial charge in [0.25, 0.3) is 0 Å². The van der Waals surface area contributed by atoms with E-state index in [9.17, 15) is 5.11 Å². The summed E-state index contributed by atoms with van der Waals surface area (Å²) in [6.07, 6.45) is 2.00. The molecule has 4 nitrogen and oxygen atoms in total. The molecule has 1 N–H and O–H groups in total. The number of benzene rings is 3. The second kappa shape index (κ2) is 9.80. The quantitative estimate of drug-likeness (QED) is 0.579. The molecule has 1 heterocycles. The largest absolute Gasteiger partial charge is 0.494 e. The van der Waals surface area contributed by atoms with E-state index in [0.717, 1.165) is 41.8 Å². The van der Waals surface area contributed by atoms with Crippen LogP contribution in [0.25, 0.3) is 11.1 Å². The predicted octanol–water partition coefficient (Wildman–Crippen LogP) is 5.04. The van der Waals surface area contributed by atoms with Gasteiger partial charge in [-0.1, -0.05) is 54.3 Å². The maximum Gasteiger partial charge on any atom is 0.147 e. The molecule has 32 heavy (non-hydrogen) atoms. The van der Waals surface area contributed by atoms with E-state index >= 15 is 0 Å². The number of hydrogen-bond donors (Lipinski definition) is 1. The third-order valence-electron chi connectivity index (χ3n) is 6.12. The maximum absolute atomic E-state index is 9.77. The molecule has 1 aliphatic heterocycles. The molecule has 0 radical (unpaired) electrons. The van der Waals surface area contributed by atoms with Crippen LogP contribution >= 0.6 is 0 Å². The molecule has 1 aliphatic rings. The van der Waals surface area contributed by atoms with Crippen molar-refractivity contribution in [3.05, 3.63) is 77.4 Å². The van der Waals surface area contributed by atoms with Gasteiger partial charge in [-0.25, -0.2) is 0 Å². The lowest BCUT2D eigenvalue weighted by atomic mass is 9.96. The molecule has 3 aromatic rings. The molecule has 1 fully saturated rings. The molecule has 4 heteroatoms. The summed E-state index contributed by atoms with van der Waals surface area (Å²) in [5, 5.41) is 9.77. The number of ether oxygens (including phenoxy) is 2. The van der Waals surface area contributed by atoms with Crippen LogP contribution in [0.1, 0.15) is 29.5 Å². The van der Waals surface area contributed by atoms with Crippen molar-refractivity contribution in [3.63, 3.8) is 0 Å². The number of anilines is 1. The first kappa shape index (κ1) is 21.8. The Labute approximate surface area is 190 Å². The first-order chi connectivity index (χ1) is 15.7. The van der Waals surface area contributed by atoms with Crippen LogP contribution in [0.4, 0.5) is 5.69 Å². The molecule has 0 spiro atoms. The molecule has 0 amide bonds. The van der Waals surface area contributed by atoms with Crippen LogP contribution in [0.5, 0.6) is 11.5 Å². The SMILES string of the molecule is COc1cc(C#Cc2cccc(-c3ccccc3)c2C)cc(OC)c1N1CCCC1CO. The lowest BCUT2D eigenvalue weighted by Crippen LogP contribution is -2.32. The van der Waals surface area contributed by atoms with Crippen molar-refractivity contribution in [2.45, 2.75) is 25.8 Å². The standard InChI is InChI=1S/C28H29NO3/c1-20-22(11-7-13-25(20)23-9-5-4-6-10-23)15-14-21-17-26(31-2)28(27(18-21)32-3)29-16-8-12-24(29)19-30/h4-7,9-11,13,17-18,24,30H,8,12,16,19H2,1-3H3. The zero-order chi connectivity index (χ0) is 22.5. The summed E-state index contributed by atoms with van der Waals surface area (Å²) in [4.78, 5) is 2.18. The van der Waals surface area contributed by atoms with Gasteiger partial charge in [0, 0.05) is 17.7 Å². The van der Waals surface area contributed by atoms with Gasteiger partial charge in [0.05, 0.1) is 26.9 Å². The zero-order valence-corrected chi connectivity index (χ0v) is 18.9. The smallest absolute Gasteiger partial charge is 0.147 e. The highest BCUT2D eigenvalue weighted by Gasteiger charge is 2.29. The summed E-state index contributed by atoms with van der Waals surface area (Å²) in [7, 11) is 3.32. The third-order valence-corrected chi connectivity index (χ3v) is 6.12. The molecule has 1 saturated heterocycles. The molecule has 0 aliphatic carbocycles. The number of rotatable bonds is 5. The Balaban J connectivity index is 1.71. The van der Waals surface area contributed by atoms with Crippen LogP contribution in [-0.2, 0) is 0 Å². The number of hydrogen-bond acceptors (Lipinski definition) is 4. The van der Waals surface area contributed by atoms with E-state index in [1.54, 1.807) is 14.2 Å². The van der Waals surface area contributed by atoms with Crippen molar-refractivity contribution in [3.8, 4) is 34.5 Å². The molecule has 0 bridgehead atoms. The van der Waals surface area contributed by atoms with E-state index < -0.39 is 0 Å². The fraction of sp³-hybridized carbons (Fsp3) is 0.286. The van der Waals surface area contributed by atoms with Gasteiger partial charge in [-0.05, 0) is 54.7 Å². The molecule has 0 saturated carbocycles. The summed E-state index contributed by atoms with van der Waals surface area (Å²) < 4.78 is 11.4. The fourth-order valence-electron chi connectivity index (χ4n) is 4.41. The van der Waals surface area contributed by atoms with Crippen LogP contribution in [0.15, 0.2) is 60.7 Å². The van der Waals surface area contributed by atoms with Gasteiger partial charge in [-0.15, -0.1) is 0 Å². The highest BCUT2D eigenvalue weighted by molar-refractivity contribution is 5.73. The average Bonchev–Trinajstić information content (AvgIpc) is 3.31. The van der Waals surface area contributed by atoms with Crippen molar-refractivity contribution >= 4 is 5.69 Å². The van der Waals surface area contributed by atoms with Crippen LogP contribution in [0.3, 0.4) is 0 Å². The molecule has 164 valence electrons. The molecule has 1 unspecified atom stereocenters. The van der Waals surface area contributed by atoms with E-state index in [4.69, 9.17) is 9.47 Å². The van der Waals surface area contributed by atoms with Gasteiger partial charge >= 0.3 is 0 Å². The average molecular weight is 428 g/mol. The highest BCUT2D eigenvalue weighted by atomic mass is 16.5. The molecule has 1 atom stereocenters. The molecule has 4 rings (SSSR count). The Morgan fingerprint density at radius 2 is 1.69 bits per heavy atom. The summed E-state index contributed by atoms with van der Waals surface area (Å²) in [5.41, 5.74) is 6.24. The molecular weight excluding hydrogens is 398 g/mol. The van der Waals surface area contributed by atoms with Crippen molar-refractivity contribution in [2.24, 2.45) is 0 Å². The van der Waals surface area contributed by atoms with Crippen LogP contribution in [-0.4, -0.2) is 38.5 Å². The fourth-order valence-corrected chi connectivity index (χ4v) is 4.41. The summed E-state index contributed by atoms with van der Waals surface area (Å²) in [6, 6.07) is 20.6. The first-order valence-corrected chi connectivity index (χ1v) is 11.0. The van der Waals surface area contributed by atoms with E-state index in [1.807, 2.05) is 30.3 Å². The topological polar surface area (TPSA) is 41.9 Å². The molecule has 0 aromatic heterocycles. The maximum atomic E-state index is 9.77. The van der Waals surface area contributed by atoms with Crippen molar-refractivity contribution in [1.82, 2.24) is 0 Å². The number of methoxy groups -OCH3 is 2. The Morgan fingerprint density at radius 1 is 0.969 bits per heavy atom. The second-order valence-electron chi connectivity index (χ2n) is 8.00. The van der Waals surface area contributed by atoms with Crippen molar-refractivity contribution < 1.29 is 14.6 Å². The summed E-state index contributed by atoms with van der Waals surface area (Å²) in [6.45, 7) is 3.10. The number of aliphatic hydroxyl groups is 1. The number of aliphatic hydroxyl groups excluding tert-OH is 1. The van der Waals surface area contributed by atoms with E-state index in [0.29, 0.717) is 11.5 Å². The van der Waals surface area contributed by atoms with E-state index in [1.165, 1.54) is 11.1 Å². The minimum absolute atomic E-state index is 0.0816. The Morgan fingerprint density at radius 3 is 2.34 bits per heavy atom. The normalized spacial score (nSPS) is 15.2.